The summed E-state index contributed by atoms with van der Waals surface area (Å²) in [4.78, 5) is 27.4. The molecule has 1 aromatic carbocycles. The van der Waals surface area contributed by atoms with Crippen molar-refractivity contribution in [1.82, 2.24) is 10.2 Å². The molecule has 0 bridgehead atoms. The smallest absolute Gasteiger partial charge is 0.253 e. The molecule has 2 atom stereocenters. The van der Waals surface area contributed by atoms with E-state index in [-0.39, 0.29) is 17.9 Å². The van der Waals surface area contributed by atoms with Crippen LogP contribution < -0.4 is 10.6 Å². The Morgan fingerprint density at radius 2 is 1.73 bits per heavy atom. The second-order valence-electron chi connectivity index (χ2n) is 8.19. The fourth-order valence-corrected chi connectivity index (χ4v) is 4.44. The molecule has 1 aliphatic carbocycles. The molecule has 26 heavy (non-hydrogen) atoms. The Morgan fingerprint density at radius 3 is 2.42 bits per heavy atom. The van der Waals surface area contributed by atoms with E-state index in [0.717, 1.165) is 25.9 Å². The fraction of sp³-hybridized carbons (Fsp3) is 0.619. The molecular formula is C21H31N3O2. The van der Waals surface area contributed by atoms with E-state index in [1.54, 1.807) is 6.07 Å². The molecule has 2 aliphatic rings. The first-order valence-electron chi connectivity index (χ1n) is 9.93. The number of rotatable bonds is 5. The molecule has 1 saturated heterocycles. The molecule has 2 fully saturated rings. The summed E-state index contributed by atoms with van der Waals surface area (Å²) < 4.78 is 0. The maximum atomic E-state index is 12.6. The molecule has 142 valence electrons. The molecule has 0 radical (unpaired) electrons. The number of hydrogen-bond donors (Lipinski definition) is 2. The fourth-order valence-electron chi connectivity index (χ4n) is 4.44. The summed E-state index contributed by atoms with van der Waals surface area (Å²) in [6.07, 6.45) is 5.67. The Labute approximate surface area is 156 Å². The van der Waals surface area contributed by atoms with Gasteiger partial charge in [-0.05, 0) is 43.2 Å². The number of carbonyl (C=O) groups excluding carboxylic acids is 2. The Balaban J connectivity index is 1.60. The molecule has 5 nitrogen and oxygen atoms in total. The van der Waals surface area contributed by atoms with Gasteiger partial charge in [0, 0.05) is 19.1 Å². The Bertz CT molecular complexity index is 630. The summed E-state index contributed by atoms with van der Waals surface area (Å²) in [6, 6.07) is 7.55. The van der Waals surface area contributed by atoms with Gasteiger partial charge in [0.1, 0.15) is 0 Å². The van der Waals surface area contributed by atoms with Crippen molar-refractivity contribution >= 4 is 17.5 Å². The van der Waals surface area contributed by atoms with E-state index in [9.17, 15) is 9.59 Å². The van der Waals surface area contributed by atoms with Gasteiger partial charge in [0.05, 0.1) is 17.8 Å². The normalized spacial score (nSPS) is 24.4. The number of anilines is 1. The Hall–Kier alpha value is -1.88. The zero-order chi connectivity index (χ0) is 18.5. The van der Waals surface area contributed by atoms with Crippen LogP contribution in [0.1, 0.15) is 56.3 Å². The first-order valence-corrected chi connectivity index (χ1v) is 9.93. The SMILES string of the molecule is C[C@@H]1C[C@@H](C)CN(CC(=O)Nc2ccccc2C(=O)NC2CCCC2)C1. The van der Waals surface area contributed by atoms with Crippen LogP contribution in [-0.2, 0) is 4.79 Å². The molecule has 2 N–H and O–H groups in total. The summed E-state index contributed by atoms with van der Waals surface area (Å²) in [5, 5.41) is 6.05. The molecule has 5 heteroatoms. The number of hydrogen-bond acceptors (Lipinski definition) is 3. The number of likely N-dealkylation sites (tertiary alicyclic amines) is 1. The number of nitrogens with one attached hydrogen (secondary N) is 2. The summed E-state index contributed by atoms with van der Waals surface area (Å²) in [5.41, 5.74) is 1.15. The highest BCUT2D eigenvalue weighted by Crippen LogP contribution is 2.22. The zero-order valence-corrected chi connectivity index (χ0v) is 16.0. The Kier molecular flexibility index (Phi) is 6.30. The molecule has 1 aliphatic heterocycles. The Morgan fingerprint density at radius 1 is 1.08 bits per heavy atom. The minimum absolute atomic E-state index is 0.0487. The standard InChI is InChI=1S/C21H31N3O2/c1-15-11-16(2)13-24(12-15)14-20(25)23-19-10-6-5-9-18(19)21(26)22-17-7-3-4-8-17/h5-6,9-10,15-17H,3-4,7-8,11-14H2,1-2H3,(H,22,26)(H,23,25)/t15-,16-/m1/s1. The number of carbonyl (C=O) groups is 2. The van der Waals surface area contributed by atoms with E-state index in [2.05, 4.69) is 29.4 Å². The first kappa shape index (κ1) is 18.9. The van der Waals surface area contributed by atoms with Gasteiger partial charge >= 0.3 is 0 Å². The van der Waals surface area contributed by atoms with Crippen molar-refractivity contribution in [3.8, 4) is 0 Å². The van der Waals surface area contributed by atoms with E-state index in [0.29, 0.717) is 29.6 Å². The number of piperidine rings is 1. The van der Waals surface area contributed by atoms with Crippen LogP contribution in [0.4, 0.5) is 5.69 Å². The lowest BCUT2D eigenvalue weighted by molar-refractivity contribution is -0.117. The number of para-hydroxylation sites is 1. The van der Waals surface area contributed by atoms with Crippen molar-refractivity contribution in [1.29, 1.82) is 0 Å². The number of nitrogens with zero attached hydrogens (tertiary/aromatic N) is 1. The third-order valence-corrected chi connectivity index (χ3v) is 5.45. The third-order valence-electron chi connectivity index (χ3n) is 5.45. The highest BCUT2D eigenvalue weighted by Gasteiger charge is 2.24. The summed E-state index contributed by atoms with van der Waals surface area (Å²) >= 11 is 0. The van der Waals surface area contributed by atoms with Crippen LogP contribution in [0.25, 0.3) is 0 Å². The quantitative estimate of drug-likeness (QED) is 0.850. The monoisotopic (exact) mass is 357 g/mol. The van der Waals surface area contributed by atoms with Gasteiger partial charge in [-0.2, -0.15) is 0 Å². The van der Waals surface area contributed by atoms with Crippen LogP contribution in [0.2, 0.25) is 0 Å². The lowest BCUT2D eigenvalue weighted by Gasteiger charge is -2.34. The van der Waals surface area contributed by atoms with E-state index in [1.165, 1.54) is 19.3 Å². The second-order valence-corrected chi connectivity index (χ2v) is 8.19. The maximum absolute atomic E-state index is 12.6. The lowest BCUT2D eigenvalue weighted by atomic mass is 9.92. The van der Waals surface area contributed by atoms with E-state index < -0.39 is 0 Å². The predicted molar refractivity (Wildman–Crippen MR) is 104 cm³/mol. The second kappa shape index (κ2) is 8.67. The molecule has 0 aromatic heterocycles. The largest absolute Gasteiger partial charge is 0.349 e. The maximum Gasteiger partial charge on any atom is 0.253 e. The molecule has 0 unspecified atom stereocenters. The van der Waals surface area contributed by atoms with Crippen LogP contribution in [0.5, 0.6) is 0 Å². The van der Waals surface area contributed by atoms with Crippen LogP contribution >= 0.6 is 0 Å². The van der Waals surface area contributed by atoms with E-state index in [1.807, 2.05) is 18.2 Å². The topological polar surface area (TPSA) is 61.4 Å². The number of amides is 2. The van der Waals surface area contributed by atoms with Gasteiger partial charge in [0.25, 0.3) is 5.91 Å². The zero-order valence-electron chi connectivity index (χ0n) is 16.0. The highest BCUT2D eigenvalue weighted by atomic mass is 16.2. The third kappa shape index (κ3) is 5.07. The van der Waals surface area contributed by atoms with Crippen molar-refractivity contribution in [3.63, 3.8) is 0 Å². The van der Waals surface area contributed by atoms with Crippen molar-refractivity contribution in [2.75, 3.05) is 25.0 Å². The minimum Gasteiger partial charge on any atom is -0.349 e. The first-order chi connectivity index (χ1) is 12.5. The predicted octanol–water partition coefficient (Wildman–Crippen LogP) is 3.28. The molecule has 1 saturated carbocycles. The van der Waals surface area contributed by atoms with Crippen LogP contribution in [-0.4, -0.2) is 42.4 Å². The van der Waals surface area contributed by atoms with E-state index in [4.69, 9.17) is 0 Å². The summed E-state index contributed by atoms with van der Waals surface area (Å²) in [5.74, 6) is 1.10. The average molecular weight is 357 g/mol. The van der Waals surface area contributed by atoms with Gasteiger partial charge in [-0.1, -0.05) is 38.8 Å². The van der Waals surface area contributed by atoms with Crippen LogP contribution in [0, 0.1) is 11.8 Å². The van der Waals surface area contributed by atoms with Gasteiger partial charge in [0.2, 0.25) is 5.91 Å². The highest BCUT2D eigenvalue weighted by molar-refractivity contribution is 6.04. The van der Waals surface area contributed by atoms with Crippen LogP contribution in [0.15, 0.2) is 24.3 Å². The van der Waals surface area contributed by atoms with Gasteiger partial charge in [-0.15, -0.1) is 0 Å². The lowest BCUT2D eigenvalue weighted by Crippen LogP contribution is -2.43. The van der Waals surface area contributed by atoms with Crippen molar-refractivity contribution < 1.29 is 9.59 Å². The van der Waals surface area contributed by atoms with Gasteiger partial charge in [0.15, 0.2) is 0 Å². The van der Waals surface area contributed by atoms with E-state index >= 15 is 0 Å². The summed E-state index contributed by atoms with van der Waals surface area (Å²) in [7, 11) is 0. The molecule has 1 aromatic rings. The molecule has 3 rings (SSSR count). The van der Waals surface area contributed by atoms with Gasteiger partial charge in [-0.25, -0.2) is 0 Å². The molecule has 2 amide bonds. The van der Waals surface area contributed by atoms with Crippen molar-refractivity contribution in [2.24, 2.45) is 11.8 Å². The molecule has 1 heterocycles. The van der Waals surface area contributed by atoms with Crippen molar-refractivity contribution in [3.05, 3.63) is 29.8 Å². The number of benzene rings is 1. The minimum atomic E-state index is -0.0898. The summed E-state index contributed by atoms with van der Waals surface area (Å²) in [6.45, 7) is 6.78. The average Bonchev–Trinajstić information content (AvgIpc) is 3.07. The van der Waals surface area contributed by atoms with Gasteiger partial charge in [-0.3, -0.25) is 14.5 Å². The molecular weight excluding hydrogens is 326 g/mol. The van der Waals surface area contributed by atoms with Crippen LogP contribution in [0.3, 0.4) is 0 Å². The van der Waals surface area contributed by atoms with Gasteiger partial charge < -0.3 is 10.6 Å². The molecule has 0 spiro atoms. The van der Waals surface area contributed by atoms with Crippen molar-refractivity contribution in [2.45, 2.75) is 52.0 Å².